The van der Waals surface area contributed by atoms with Crippen molar-refractivity contribution < 1.29 is 8.42 Å². The number of rotatable bonds is 6. The summed E-state index contributed by atoms with van der Waals surface area (Å²) in [4.78, 5) is 11.3. The summed E-state index contributed by atoms with van der Waals surface area (Å²) in [5.74, 6) is 0.444. The van der Waals surface area contributed by atoms with Crippen LogP contribution in [-0.2, 0) is 9.84 Å². The molecule has 2 N–H and O–H groups in total. The highest BCUT2D eigenvalue weighted by Crippen LogP contribution is 2.26. The Balaban J connectivity index is 1.24. The molecule has 1 aliphatic rings. The lowest BCUT2D eigenvalue weighted by atomic mass is 10.1. The predicted molar refractivity (Wildman–Crippen MR) is 134 cm³/mol. The van der Waals surface area contributed by atoms with Gasteiger partial charge in [0, 0.05) is 29.0 Å². The lowest BCUT2D eigenvalue weighted by molar-refractivity contribution is 0.277. The van der Waals surface area contributed by atoms with Crippen molar-refractivity contribution in [3.8, 4) is 0 Å². The highest BCUT2D eigenvalue weighted by Gasteiger charge is 2.30. The molecule has 0 atom stereocenters. The molecule has 8 nitrogen and oxygen atoms in total. The monoisotopic (exact) mass is 474 g/mol. The molecule has 1 fully saturated rings. The summed E-state index contributed by atoms with van der Waals surface area (Å²) in [6, 6.07) is 12.8. The Bertz CT molecular complexity index is 1400. The molecular formula is C25H26N6O2S. The molecule has 0 unspecified atom stereocenters. The van der Waals surface area contributed by atoms with Gasteiger partial charge < -0.3 is 10.2 Å². The van der Waals surface area contributed by atoms with Crippen molar-refractivity contribution in [2.75, 3.05) is 25.5 Å². The molecule has 0 radical (unpaired) electrons. The van der Waals surface area contributed by atoms with E-state index in [1.165, 1.54) is 0 Å². The van der Waals surface area contributed by atoms with Gasteiger partial charge in [0.2, 0.25) is 5.95 Å². The second-order valence-electron chi connectivity index (χ2n) is 8.55. The summed E-state index contributed by atoms with van der Waals surface area (Å²) in [6.45, 7) is 1.62. The van der Waals surface area contributed by atoms with Crippen LogP contribution in [0.25, 0.3) is 23.1 Å². The first-order valence-corrected chi connectivity index (χ1v) is 12.8. The summed E-state index contributed by atoms with van der Waals surface area (Å²) >= 11 is 0. The van der Waals surface area contributed by atoms with Gasteiger partial charge in [0.25, 0.3) is 0 Å². The Labute approximate surface area is 198 Å². The van der Waals surface area contributed by atoms with E-state index >= 15 is 0 Å². The number of hydrogen-bond donors (Lipinski definition) is 2. The van der Waals surface area contributed by atoms with Crippen LogP contribution in [0.1, 0.15) is 24.0 Å². The van der Waals surface area contributed by atoms with Gasteiger partial charge in [0.1, 0.15) is 0 Å². The molecule has 5 rings (SSSR count). The van der Waals surface area contributed by atoms with Gasteiger partial charge in [0.15, 0.2) is 9.84 Å². The van der Waals surface area contributed by atoms with E-state index in [-0.39, 0.29) is 5.25 Å². The van der Waals surface area contributed by atoms with Crippen LogP contribution in [0.5, 0.6) is 0 Å². The molecule has 0 bridgehead atoms. The molecule has 1 saturated heterocycles. The number of sulfone groups is 1. The molecule has 4 aromatic rings. The standard InChI is InChI=1S/C25H26N6O2S/c1-31-13-11-22(12-14-31)34(32,33)21-9-7-20(8-10-21)29-25-26-15-18(16-27-25)5-6-19-3-2-4-24-23(19)17-28-30-24/h2-10,15-17,22H,11-14H2,1H3,(H,28,30)(H,26,27,29). The molecule has 2 aromatic carbocycles. The van der Waals surface area contributed by atoms with E-state index in [4.69, 9.17) is 0 Å². The fraction of sp³-hybridized carbons (Fsp3) is 0.240. The van der Waals surface area contributed by atoms with E-state index in [1.54, 1.807) is 36.7 Å². The zero-order valence-electron chi connectivity index (χ0n) is 18.8. The van der Waals surface area contributed by atoms with Crippen LogP contribution in [0.15, 0.2) is 66.0 Å². The first-order valence-electron chi connectivity index (χ1n) is 11.2. The Morgan fingerprint density at radius 3 is 2.47 bits per heavy atom. The highest BCUT2D eigenvalue weighted by atomic mass is 32.2. The molecule has 34 heavy (non-hydrogen) atoms. The van der Waals surface area contributed by atoms with Crippen LogP contribution in [0.4, 0.5) is 11.6 Å². The van der Waals surface area contributed by atoms with Crippen molar-refractivity contribution in [3.63, 3.8) is 0 Å². The van der Waals surface area contributed by atoms with Gasteiger partial charge in [-0.3, -0.25) is 5.10 Å². The average Bonchev–Trinajstić information content (AvgIpc) is 3.34. The van der Waals surface area contributed by atoms with E-state index in [2.05, 4.69) is 30.4 Å². The third-order valence-electron chi connectivity index (χ3n) is 6.19. The van der Waals surface area contributed by atoms with Crippen molar-refractivity contribution in [3.05, 3.63) is 72.2 Å². The molecular weight excluding hydrogens is 448 g/mol. The third-order valence-corrected chi connectivity index (χ3v) is 8.47. The van der Waals surface area contributed by atoms with Crippen LogP contribution in [0.3, 0.4) is 0 Å². The zero-order valence-corrected chi connectivity index (χ0v) is 19.7. The number of benzene rings is 2. The van der Waals surface area contributed by atoms with E-state index in [9.17, 15) is 8.42 Å². The smallest absolute Gasteiger partial charge is 0.227 e. The van der Waals surface area contributed by atoms with Crippen molar-refractivity contribution >= 4 is 44.5 Å². The van der Waals surface area contributed by atoms with E-state index in [1.807, 2.05) is 43.6 Å². The lowest BCUT2D eigenvalue weighted by Gasteiger charge is -2.28. The molecule has 0 spiro atoms. The minimum atomic E-state index is -3.32. The van der Waals surface area contributed by atoms with Gasteiger partial charge in [0.05, 0.1) is 21.9 Å². The quantitative estimate of drug-likeness (QED) is 0.433. The summed E-state index contributed by atoms with van der Waals surface area (Å²) in [6.07, 6.45) is 10.6. The Hall–Kier alpha value is -3.56. The molecule has 0 amide bonds. The van der Waals surface area contributed by atoms with Crippen LogP contribution >= 0.6 is 0 Å². The third kappa shape index (κ3) is 4.71. The van der Waals surface area contributed by atoms with Gasteiger partial charge in [-0.15, -0.1) is 0 Å². The minimum Gasteiger partial charge on any atom is -0.324 e. The van der Waals surface area contributed by atoms with Gasteiger partial charge in [-0.25, -0.2) is 18.4 Å². The van der Waals surface area contributed by atoms with E-state index in [0.29, 0.717) is 23.7 Å². The maximum absolute atomic E-state index is 12.9. The van der Waals surface area contributed by atoms with E-state index in [0.717, 1.165) is 40.8 Å². The molecule has 3 heterocycles. The first-order chi connectivity index (χ1) is 16.5. The summed E-state index contributed by atoms with van der Waals surface area (Å²) in [5, 5.41) is 10.9. The number of H-pyrrole nitrogens is 1. The number of hydrogen-bond acceptors (Lipinski definition) is 7. The fourth-order valence-corrected chi connectivity index (χ4v) is 5.89. The number of piperidine rings is 1. The van der Waals surface area contributed by atoms with Crippen LogP contribution < -0.4 is 5.32 Å². The Morgan fingerprint density at radius 2 is 1.74 bits per heavy atom. The zero-order chi connectivity index (χ0) is 23.5. The maximum Gasteiger partial charge on any atom is 0.227 e. The summed E-state index contributed by atoms with van der Waals surface area (Å²) in [7, 11) is -1.30. The minimum absolute atomic E-state index is 0.313. The lowest BCUT2D eigenvalue weighted by Crippen LogP contribution is -2.37. The maximum atomic E-state index is 12.9. The molecule has 0 aliphatic carbocycles. The predicted octanol–water partition coefficient (Wildman–Crippen LogP) is 4.13. The highest BCUT2D eigenvalue weighted by molar-refractivity contribution is 7.92. The molecule has 174 valence electrons. The normalized spacial score (nSPS) is 15.8. The second kappa shape index (κ2) is 9.36. The Kier molecular flexibility index (Phi) is 6.12. The van der Waals surface area contributed by atoms with Gasteiger partial charge >= 0.3 is 0 Å². The SMILES string of the molecule is CN1CCC(S(=O)(=O)c2ccc(Nc3ncc(C=Cc4cccc5[nH]ncc45)cn3)cc2)CC1. The van der Waals surface area contributed by atoms with Crippen molar-refractivity contribution in [1.82, 2.24) is 25.1 Å². The number of anilines is 2. The van der Waals surface area contributed by atoms with Gasteiger partial charge in [-0.05, 0) is 68.9 Å². The number of aromatic nitrogens is 4. The number of fused-ring (bicyclic) bond motifs is 1. The molecule has 1 aliphatic heterocycles. The number of likely N-dealkylation sites (tertiary alicyclic amines) is 1. The van der Waals surface area contributed by atoms with Gasteiger partial charge in [-0.1, -0.05) is 24.3 Å². The molecule has 9 heteroatoms. The number of nitrogens with one attached hydrogen (secondary N) is 2. The largest absolute Gasteiger partial charge is 0.324 e. The van der Waals surface area contributed by atoms with Crippen molar-refractivity contribution in [2.45, 2.75) is 23.0 Å². The van der Waals surface area contributed by atoms with E-state index < -0.39 is 9.84 Å². The van der Waals surface area contributed by atoms with Crippen molar-refractivity contribution in [2.24, 2.45) is 0 Å². The van der Waals surface area contributed by atoms with Crippen LogP contribution in [-0.4, -0.2) is 58.9 Å². The topological polar surface area (TPSA) is 104 Å². The summed E-state index contributed by atoms with van der Waals surface area (Å²) < 4.78 is 25.9. The van der Waals surface area contributed by atoms with Crippen LogP contribution in [0, 0.1) is 0 Å². The Morgan fingerprint density at radius 1 is 1.00 bits per heavy atom. The van der Waals surface area contributed by atoms with Crippen molar-refractivity contribution in [1.29, 1.82) is 0 Å². The second-order valence-corrected chi connectivity index (χ2v) is 10.8. The average molecular weight is 475 g/mol. The number of nitrogens with zero attached hydrogens (tertiary/aromatic N) is 4. The van der Waals surface area contributed by atoms with Crippen LogP contribution in [0.2, 0.25) is 0 Å². The molecule has 0 saturated carbocycles. The summed E-state index contributed by atoms with van der Waals surface area (Å²) in [5.41, 5.74) is 3.65. The first kappa shape index (κ1) is 22.2. The van der Waals surface area contributed by atoms with Gasteiger partial charge in [-0.2, -0.15) is 5.10 Å². The fourth-order valence-electron chi connectivity index (χ4n) is 4.16. The number of aromatic amines is 1. The molecule has 2 aromatic heterocycles.